The first-order chi connectivity index (χ1) is 14.4. The number of benzene rings is 2. The predicted molar refractivity (Wildman–Crippen MR) is 102 cm³/mol. The van der Waals surface area contributed by atoms with E-state index in [9.17, 15) is 18.0 Å². The maximum atomic E-state index is 12.8. The minimum absolute atomic E-state index is 0.00608. The van der Waals surface area contributed by atoms with Crippen LogP contribution in [0.5, 0.6) is 5.75 Å². The van der Waals surface area contributed by atoms with Crippen molar-refractivity contribution in [3.05, 3.63) is 77.6 Å². The summed E-state index contributed by atoms with van der Waals surface area (Å²) in [6.45, 7) is 1.18. The van der Waals surface area contributed by atoms with Crippen LogP contribution < -0.4 is 4.74 Å². The Morgan fingerprint density at radius 1 is 1.10 bits per heavy atom. The zero-order chi connectivity index (χ0) is 21.1. The molecule has 0 radical (unpaired) electrons. The number of aromatic nitrogens is 3. The van der Waals surface area contributed by atoms with E-state index in [1.807, 2.05) is 30.3 Å². The van der Waals surface area contributed by atoms with Crippen molar-refractivity contribution in [2.75, 3.05) is 13.1 Å². The minimum atomic E-state index is -4.42. The molecule has 4 rings (SSSR count). The van der Waals surface area contributed by atoms with Crippen LogP contribution in [-0.2, 0) is 24.0 Å². The summed E-state index contributed by atoms with van der Waals surface area (Å²) < 4.78 is 45.8. The van der Waals surface area contributed by atoms with Crippen LogP contribution in [0.15, 0.2) is 60.8 Å². The third-order valence-corrected chi connectivity index (χ3v) is 4.89. The number of halogens is 3. The number of likely N-dealkylation sites (tertiary alicyclic amines) is 1. The van der Waals surface area contributed by atoms with E-state index in [1.165, 1.54) is 12.1 Å². The first-order valence-electron chi connectivity index (χ1n) is 9.41. The summed E-state index contributed by atoms with van der Waals surface area (Å²) in [6.07, 6.45) is -2.71. The highest BCUT2D eigenvalue weighted by atomic mass is 19.4. The van der Waals surface area contributed by atoms with Crippen molar-refractivity contribution in [3.8, 4) is 5.75 Å². The molecule has 1 aliphatic rings. The molecule has 156 valence electrons. The van der Waals surface area contributed by atoms with E-state index < -0.39 is 11.7 Å². The third-order valence-electron chi connectivity index (χ3n) is 4.89. The van der Waals surface area contributed by atoms with Crippen LogP contribution in [0.1, 0.15) is 22.9 Å². The number of alkyl halides is 3. The molecule has 6 nitrogen and oxygen atoms in total. The summed E-state index contributed by atoms with van der Waals surface area (Å²) in [7, 11) is 0. The zero-order valence-corrected chi connectivity index (χ0v) is 15.9. The van der Waals surface area contributed by atoms with Gasteiger partial charge in [-0.1, -0.05) is 41.6 Å². The lowest BCUT2D eigenvalue weighted by molar-refractivity contribution is -0.138. The van der Waals surface area contributed by atoms with Gasteiger partial charge in [0, 0.05) is 13.1 Å². The second-order valence-corrected chi connectivity index (χ2v) is 7.12. The Bertz CT molecular complexity index is 1010. The lowest BCUT2D eigenvalue weighted by atomic mass is 10.0. The van der Waals surface area contributed by atoms with Gasteiger partial charge in [-0.05, 0) is 23.8 Å². The number of carbonyl (C=O) groups excluding carboxylic acids is 1. The van der Waals surface area contributed by atoms with Crippen LogP contribution in [0, 0.1) is 0 Å². The normalized spacial score (nSPS) is 14.4. The van der Waals surface area contributed by atoms with Crippen LogP contribution in [0.3, 0.4) is 0 Å². The van der Waals surface area contributed by atoms with Gasteiger partial charge in [-0.15, -0.1) is 5.10 Å². The molecule has 1 aromatic heterocycles. The van der Waals surface area contributed by atoms with Gasteiger partial charge in [0.05, 0.1) is 24.2 Å². The summed E-state index contributed by atoms with van der Waals surface area (Å²) in [5.74, 6) is 0.528. The molecule has 2 aromatic carbocycles. The van der Waals surface area contributed by atoms with E-state index in [1.54, 1.807) is 15.8 Å². The standard InChI is InChI=1S/C21H19F3N4O2/c22-21(23,24)16-6-4-5-15(9-16)10-20(29)27-12-18(13-27)28-11-17(25-26-28)14-30-19-7-2-1-3-8-19/h1-9,11,18H,10,12-14H2. The van der Waals surface area contributed by atoms with Crippen molar-refractivity contribution in [1.29, 1.82) is 0 Å². The molecule has 30 heavy (non-hydrogen) atoms. The molecule has 0 N–H and O–H groups in total. The van der Waals surface area contributed by atoms with Crippen molar-refractivity contribution in [2.45, 2.75) is 25.2 Å². The molecule has 0 aliphatic carbocycles. The monoisotopic (exact) mass is 416 g/mol. The summed E-state index contributed by atoms with van der Waals surface area (Å²) in [5.41, 5.74) is 0.272. The van der Waals surface area contributed by atoms with E-state index in [0.29, 0.717) is 24.3 Å². The molecule has 3 aromatic rings. The molecule has 0 bridgehead atoms. The minimum Gasteiger partial charge on any atom is -0.487 e. The lowest BCUT2D eigenvalue weighted by Gasteiger charge is -2.39. The molecule has 1 aliphatic heterocycles. The molecule has 0 saturated carbocycles. The highest BCUT2D eigenvalue weighted by molar-refractivity contribution is 5.79. The second kappa shape index (κ2) is 8.17. The highest BCUT2D eigenvalue weighted by Gasteiger charge is 2.34. The van der Waals surface area contributed by atoms with Crippen LogP contribution >= 0.6 is 0 Å². The highest BCUT2D eigenvalue weighted by Crippen LogP contribution is 2.30. The van der Waals surface area contributed by atoms with Crippen molar-refractivity contribution in [2.24, 2.45) is 0 Å². The smallest absolute Gasteiger partial charge is 0.416 e. The van der Waals surface area contributed by atoms with Gasteiger partial charge in [-0.25, -0.2) is 4.68 Å². The van der Waals surface area contributed by atoms with Gasteiger partial charge in [0.1, 0.15) is 18.1 Å². The number of para-hydroxylation sites is 1. The fourth-order valence-electron chi connectivity index (χ4n) is 3.20. The Balaban J connectivity index is 1.28. The Morgan fingerprint density at radius 3 is 2.60 bits per heavy atom. The van der Waals surface area contributed by atoms with Gasteiger partial charge < -0.3 is 9.64 Å². The molecule has 9 heteroatoms. The van der Waals surface area contributed by atoms with Crippen molar-refractivity contribution >= 4 is 5.91 Å². The second-order valence-electron chi connectivity index (χ2n) is 7.12. The van der Waals surface area contributed by atoms with E-state index in [-0.39, 0.29) is 25.0 Å². The van der Waals surface area contributed by atoms with Gasteiger partial charge in [0.25, 0.3) is 0 Å². The maximum absolute atomic E-state index is 12.8. The number of ether oxygens (including phenoxy) is 1. The summed E-state index contributed by atoms with van der Waals surface area (Å²) in [4.78, 5) is 14.0. The van der Waals surface area contributed by atoms with E-state index in [4.69, 9.17) is 4.74 Å². The Morgan fingerprint density at radius 2 is 1.87 bits per heavy atom. The van der Waals surface area contributed by atoms with E-state index in [2.05, 4.69) is 10.3 Å². The number of rotatable bonds is 6. The average Bonchev–Trinajstić information content (AvgIpc) is 3.14. The Hall–Kier alpha value is -3.36. The molecular weight excluding hydrogens is 397 g/mol. The largest absolute Gasteiger partial charge is 0.487 e. The van der Waals surface area contributed by atoms with Crippen LogP contribution in [0.2, 0.25) is 0 Å². The number of hydrogen-bond donors (Lipinski definition) is 0. The van der Waals surface area contributed by atoms with Gasteiger partial charge in [0.15, 0.2) is 0 Å². The van der Waals surface area contributed by atoms with Gasteiger partial charge in [-0.3, -0.25) is 4.79 Å². The molecular formula is C21H19F3N4O2. The Labute approximate surface area is 170 Å². The molecule has 0 unspecified atom stereocenters. The maximum Gasteiger partial charge on any atom is 0.416 e. The van der Waals surface area contributed by atoms with Crippen molar-refractivity contribution in [1.82, 2.24) is 19.9 Å². The van der Waals surface area contributed by atoms with E-state index >= 15 is 0 Å². The quantitative estimate of drug-likeness (QED) is 0.617. The number of amides is 1. The fraction of sp³-hybridized carbons (Fsp3) is 0.286. The average molecular weight is 416 g/mol. The van der Waals surface area contributed by atoms with Crippen molar-refractivity contribution < 1.29 is 22.7 Å². The Kier molecular flexibility index (Phi) is 5.43. The first-order valence-corrected chi connectivity index (χ1v) is 9.41. The summed E-state index contributed by atoms with van der Waals surface area (Å²) in [6, 6.07) is 14.2. The number of nitrogens with zero attached hydrogens (tertiary/aromatic N) is 4. The van der Waals surface area contributed by atoms with Gasteiger partial charge in [0.2, 0.25) is 5.91 Å². The third kappa shape index (κ3) is 4.61. The van der Waals surface area contributed by atoms with E-state index in [0.717, 1.165) is 17.9 Å². The topological polar surface area (TPSA) is 60.2 Å². The molecule has 0 atom stereocenters. The molecule has 0 spiro atoms. The fourth-order valence-corrected chi connectivity index (χ4v) is 3.20. The molecule has 2 heterocycles. The summed E-state index contributed by atoms with van der Waals surface area (Å²) in [5, 5.41) is 8.17. The summed E-state index contributed by atoms with van der Waals surface area (Å²) >= 11 is 0. The van der Waals surface area contributed by atoms with Gasteiger partial charge >= 0.3 is 6.18 Å². The zero-order valence-electron chi connectivity index (χ0n) is 15.9. The SMILES string of the molecule is O=C(Cc1cccc(C(F)(F)F)c1)N1CC(n2cc(COc3ccccc3)nn2)C1. The molecule has 1 fully saturated rings. The van der Waals surface area contributed by atoms with Crippen molar-refractivity contribution in [3.63, 3.8) is 0 Å². The number of carbonyl (C=O) groups is 1. The van der Waals surface area contributed by atoms with Crippen LogP contribution in [0.25, 0.3) is 0 Å². The van der Waals surface area contributed by atoms with Gasteiger partial charge in [-0.2, -0.15) is 13.2 Å². The van der Waals surface area contributed by atoms with Crippen LogP contribution in [-0.4, -0.2) is 38.9 Å². The molecule has 1 saturated heterocycles. The number of hydrogen-bond acceptors (Lipinski definition) is 4. The first kappa shape index (κ1) is 19.9. The predicted octanol–water partition coefficient (Wildman–Crippen LogP) is 3.50. The lowest BCUT2D eigenvalue weighted by Crippen LogP contribution is -2.51. The van der Waals surface area contributed by atoms with Crippen LogP contribution in [0.4, 0.5) is 13.2 Å². The molecule has 1 amide bonds.